The molecule has 0 radical (unpaired) electrons. The standard InChI is InChI=1S/C13H9BrN2O/c14-11-5-2-6-12(13(11)16)17-10-4-1-3-9(7-10)8-15/h1-7H,16H2. The number of rotatable bonds is 2. The second kappa shape index (κ2) is 4.89. The first-order chi connectivity index (χ1) is 8.20. The average Bonchev–Trinajstić information content (AvgIpc) is 2.35. The summed E-state index contributed by atoms with van der Waals surface area (Å²) < 4.78 is 6.41. The Labute approximate surface area is 108 Å². The molecule has 2 aromatic rings. The molecule has 0 aliphatic carbocycles. The third-order valence-corrected chi connectivity index (χ3v) is 2.90. The van der Waals surface area contributed by atoms with Gasteiger partial charge in [-0.25, -0.2) is 0 Å². The van der Waals surface area contributed by atoms with Gasteiger partial charge in [0.05, 0.1) is 17.3 Å². The largest absolute Gasteiger partial charge is 0.455 e. The molecule has 0 atom stereocenters. The molecule has 2 aromatic carbocycles. The first-order valence-corrected chi connectivity index (χ1v) is 5.72. The van der Waals surface area contributed by atoms with Crippen molar-refractivity contribution in [2.75, 3.05) is 5.73 Å². The SMILES string of the molecule is N#Cc1cccc(Oc2cccc(Br)c2N)c1. The highest BCUT2D eigenvalue weighted by atomic mass is 79.9. The summed E-state index contributed by atoms with van der Waals surface area (Å²) in [6.07, 6.45) is 0. The van der Waals surface area contributed by atoms with Crippen molar-refractivity contribution in [1.29, 1.82) is 5.26 Å². The Kier molecular flexibility index (Phi) is 3.31. The molecule has 0 spiro atoms. The van der Waals surface area contributed by atoms with Gasteiger partial charge in [-0.15, -0.1) is 0 Å². The van der Waals surface area contributed by atoms with Crippen LogP contribution in [0, 0.1) is 11.3 Å². The summed E-state index contributed by atoms with van der Waals surface area (Å²) in [5.41, 5.74) is 6.95. The highest BCUT2D eigenvalue weighted by molar-refractivity contribution is 9.10. The van der Waals surface area contributed by atoms with Gasteiger partial charge in [-0.05, 0) is 46.3 Å². The van der Waals surface area contributed by atoms with E-state index < -0.39 is 0 Å². The van der Waals surface area contributed by atoms with Crippen LogP contribution in [-0.2, 0) is 0 Å². The van der Waals surface area contributed by atoms with Gasteiger partial charge in [-0.2, -0.15) is 5.26 Å². The molecule has 0 aliphatic heterocycles. The van der Waals surface area contributed by atoms with Crippen molar-refractivity contribution in [3.63, 3.8) is 0 Å². The predicted molar refractivity (Wildman–Crippen MR) is 69.8 cm³/mol. The molecule has 3 nitrogen and oxygen atoms in total. The van der Waals surface area contributed by atoms with E-state index >= 15 is 0 Å². The van der Waals surface area contributed by atoms with Crippen LogP contribution in [0.3, 0.4) is 0 Å². The van der Waals surface area contributed by atoms with Gasteiger partial charge in [0.15, 0.2) is 5.75 Å². The summed E-state index contributed by atoms with van der Waals surface area (Å²) in [6.45, 7) is 0. The smallest absolute Gasteiger partial charge is 0.151 e. The normalized spacial score (nSPS) is 9.65. The molecule has 84 valence electrons. The zero-order valence-electron chi connectivity index (χ0n) is 8.85. The summed E-state index contributed by atoms with van der Waals surface area (Å²) in [7, 11) is 0. The third-order valence-electron chi connectivity index (χ3n) is 2.20. The average molecular weight is 289 g/mol. The van der Waals surface area contributed by atoms with Crippen LogP contribution >= 0.6 is 15.9 Å². The highest BCUT2D eigenvalue weighted by Crippen LogP contribution is 2.32. The van der Waals surface area contributed by atoms with E-state index in [-0.39, 0.29) is 0 Å². The van der Waals surface area contributed by atoms with E-state index in [1.165, 1.54) is 0 Å². The first kappa shape index (κ1) is 11.5. The molecular weight excluding hydrogens is 280 g/mol. The Morgan fingerprint density at radius 1 is 1.18 bits per heavy atom. The Balaban J connectivity index is 2.32. The number of nitriles is 1. The summed E-state index contributed by atoms with van der Waals surface area (Å²) in [5, 5.41) is 8.79. The lowest BCUT2D eigenvalue weighted by molar-refractivity contribution is 0.484. The van der Waals surface area contributed by atoms with Gasteiger partial charge in [0.1, 0.15) is 5.75 Å². The van der Waals surface area contributed by atoms with Crippen molar-refractivity contribution in [1.82, 2.24) is 0 Å². The minimum atomic E-state index is 0.537. The minimum Gasteiger partial charge on any atom is -0.455 e. The Hall–Kier alpha value is -1.99. The summed E-state index contributed by atoms with van der Waals surface area (Å²) in [4.78, 5) is 0. The maximum Gasteiger partial charge on any atom is 0.151 e. The van der Waals surface area contributed by atoms with Crippen molar-refractivity contribution < 1.29 is 4.74 Å². The fourth-order valence-electron chi connectivity index (χ4n) is 1.36. The van der Waals surface area contributed by atoms with Gasteiger partial charge in [-0.3, -0.25) is 0 Å². The molecule has 0 fully saturated rings. The lowest BCUT2D eigenvalue weighted by Crippen LogP contribution is -1.93. The number of hydrogen-bond donors (Lipinski definition) is 1. The van der Waals surface area contributed by atoms with Gasteiger partial charge >= 0.3 is 0 Å². The van der Waals surface area contributed by atoms with Crippen LogP contribution in [0.4, 0.5) is 5.69 Å². The van der Waals surface area contributed by atoms with Crippen molar-refractivity contribution >= 4 is 21.6 Å². The topological polar surface area (TPSA) is 59.0 Å². The number of para-hydroxylation sites is 1. The van der Waals surface area contributed by atoms with Gasteiger partial charge < -0.3 is 10.5 Å². The van der Waals surface area contributed by atoms with Gasteiger partial charge in [0.25, 0.3) is 0 Å². The molecule has 0 aliphatic rings. The van der Waals surface area contributed by atoms with Crippen molar-refractivity contribution in [2.24, 2.45) is 0 Å². The van der Waals surface area contributed by atoms with E-state index in [1.54, 1.807) is 30.3 Å². The Bertz CT molecular complexity index is 590. The van der Waals surface area contributed by atoms with E-state index in [4.69, 9.17) is 15.7 Å². The monoisotopic (exact) mass is 288 g/mol. The summed E-state index contributed by atoms with van der Waals surface area (Å²) >= 11 is 3.33. The van der Waals surface area contributed by atoms with Gasteiger partial charge in [-0.1, -0.05) is 12.1 Å². The number of anilines is 1. The molecule has 0 saturated heterocycles. The minimum absolute atomic E-state index is 0.537. The second-order valence-corrected chi connectivity index (χ2v) is 4.25. The molecular formula is C13H9BrN2O. The second-order valence-electron chi connectivity index (χ2n) is 3.39. The zero-order chi connectivity index (χ0) is 12.3. The van der Waals surface area contributed by atoms with E-state index in [0.717, 1.165) is 4.47 Å². The van der Waals surface area contributed by atoms with Crippen molar-refractivity contribution in [2.45, 2.75) is 0 Å². The lowest BCUT2D eigenvalue weighted by Gasteiger charge is -2.09. The fraction of sp³-hybridized carbons (Fsp3) is 0. The van der Waals surface area contributed by atoms with E-state index in [1.807, 2.05) is 12.1 Å². The molecule has 0 amide bonds. The molecule has 0 bridgehead atoms. The van der Waals surface area contributed by atoms with Crippen molar-refractivity contribution in [3.05, 3.63) is 52.5 Å². The van der Waals surface area contributed by atoms with Crippen LogP contribution in [0.5, 0.6) is 11.5 Å². The number of nitrogen functional groups attached to an aromatic ring is 1. The molecule has 4 heteroatoms. The number of nitrogens with two attached hydrogens (primary N) is 1. The number of hydrogen-bond acceptors (Lipinski definition) is 3. The third kappa shape index (κ3) is 2.58. The molecule has 17 heavy (non-hydrogen) atoms. The highest BCUT2D eigenvalue weighted by Gasteiger charge is 2.05. The maximum absolute atomic E-state index is 8.79. The van der Waals surface area contributed by atoms with E-state index in [9.17, 15) is 0 Å². The first-order valence-electron chi connectivity index (χ1n) is 4.92. The number of nitrogens with zero attached hydrogens (tertiary/aromatic N) is 1. The van der Waals surface area contributed by atoms with Crippen LogP contribution in [0.15, 0.2) is 46.9 Å². The maximum atomic E-state index is 8.79. The number of benzene rings is 2. The Morgan fingerprint density at radius 3 is 2.71 bits per heavy atom. The fourth-order valence-corrected chi connectivity index (χ4v) is 1.71. The number of halogens is 1. The van der Waals surface area contributed by atoms with Gasteiger partial charge in [0.2, 0.25) is 0 Å². The van der Waals surface area contributed by atoms with Crippen LogP contribution in [0.2, 0.25) is 0 Å². The molecule has 0 heterocycles. The van der Waals surface area contributed by atoms with Crippen LogP contribution in [-0.4, -0.2) is 0 Å². The van der Waals surface area contributed by atoms with Gasteiger partial charge in [0, 0.05) is 4.47 Å². The molecule has 0 saturated carbocycles. The van der Waals surface area contributed by atoms with Crippen LogP contribution in [0.1, 0.15) is 5.56 Å². The predicted octanol–water partition coefficient (Wildman–Crippen LogP) is 3.70. The zero-order valence-corrected chi connectivity index (χ0v) is 10.4. The van der Waals surface area contributed by atoms with E-state index in [0.29, 0.717) is 22.7 Å². The number of ether oxygens (including phenoxy) is 1. The molecule has 0 unspecified atom stereocenters. The van der Waals surface area contributed by atoms with Crippen molar-refractivity contribution in [3.8, 4) is 17.6 Å². The van der Waals surface area contributed by atoms with Crippen LogP contribution < -0.4 is 10.5 Å². The van der Waals surface area contributed by atoms with Crippen LogP contribution in [0.25, 0.3) is 0 Å². The summed E-state index contributed by atoms with van der Waals surface area (Å²) in [5.74, 6) is 1.16. The lowest BCUT2D eigenvalue weighted by atomic mass is 10.2. The summed E-state index contributed by atoms with van der Waals surface area (Å²) in [6, 6.07) is 14.4. The molecule has 0 aromatic heterocycles. The quantitative estimate of drug-likeness (QED) is 0.858. The van der Waals surface area contributed by atoms with E-state index in [2.05, 4.69) is 22.0 Å². The molecule has 2 rings (SSSR count). The molecule has 2 N–H and O–H groups in total. The Morgan fingerprint density at radius 2 is 1.94 bits per heavy atom.